The topological polar surface area (TPSA) is 36.4 Å². The van der Waals surface area contributed by atoms with Crippen LogP contribution in [-0.4, -0.2) is 41.8 Å². The van der Waals surface area contributed by atoms with Crippen LogP contribution in [0.2, 0.25) is 0 Å². The zero-order chi connectivity index (χ0) is 17.7. The Morgan fingerprint density at radius 2 is 1.79 bits per heavy atom. The molecule has 0 fully saturated rings. The van der Waals surface area contributed by atoms with E-state index in [-0.39, 0.29) is 11.7 Å². The third-order valence-corrected chi connectivity index (χ3v) is 4.01. The quantitative estimate of drug-likeness (QED) is 0.817. The third-order valence-electron chi connectivity index (χ3n) is 4.01. The molecule has 1 aromatic carbocycles. The van der Waals surface area contributed by atoms with Gasteiger partial charge in [0, 0.05) is 13.2 Å². The van der Waals surface area contributed by atoms with Crippen LogP contribution in [0, 0.1) is 5.82 Å². The Bertz CT molecular complexity index is 668. The third kappa shape index (κ3) is 4.38. The van der Waals surface area contributed by atoms with Gasteiger partial charge in [-0.2, -0.15) is 0 Å². The van der Waals surface area contributed by atoms with Gasteiger partial charge in [-0.15, -0.1) is 0 Å². The molecule has 1 unspecified atom stereocenters. The summed E-state index contributed by atoms with van der Waals surface area (Å²) in [6, 6.07) is 9.59. The molecule has 24 heavy (non-hydrogen) atoms. The lowest BCUT2D eigenvalue weighted by Gasteiger charge is -2.28. The molecule has 2 aromatic rings. The Balaban J connectivity index is 2.14. The Morgan fingerprint density at radius 1 is 1.12 bits per heavy atom. The van der Waals surface area contributed by atoms with E-state index in [4.69, 9.17) is 0 Å². The van der Waals surface area contributed by atoms with Gasteiger partial charge in [0.15, 0.2) is 0 Å². The average molecular weight is 329 g/mol. The summed E-state index contributed by atoms with van der Waals surface area (Å²) in [5.41, 5.74) is 2.79. The number of hydrogen-bond acceptors (Lipinski definition) is 3. The molecule has 0 aliphatic heterocycles. The van der Waals surface area contributed by atoms with Gasteiger partial charge in [-0.25, -0.2) is 4.39 Å². The van der Waals surface area contributed by atoms with Gasteiger partial charge in [0.1, 0.15) is 11.9 Å². The Kier molecular flexibility index (Phi) is 6.04. The minimum absolute atomic E-state index is 0.0482. The highest BCUT2D eigenvalue weighted by molar-refractivity contribution is 5.83. The van der Waals surface area contributed by atoms with Crippen LogP contribution in [0.5, 0.6) is 0 Å². The zero-order valence-corrected chi connectivity index (χ0v) is 14.7. The number of hydrogen-bond donors (Lipinski definition) is 0. The molecule has 128 valence electrons. The van der Waals surface area contributed by atoms with Crippen LogP contribution < -0.4 is 0 Å². The van der Waals surface area contributed by atoms with Crippen LogP contribution in [0.3, 0.4) is 0 Å². The molecule has 0 saturated carbocycles. The molecular formula is C19H24FN3O. The summed E-state index contributed by atoms with van der Waals surface area (Å²) < 4.78 is 13.1. The number of carbonyl (C=O) groups excluding carboxylic acids is 1. The lowest BCUT2D eigenvalue weighted by atomic mass is 10.0. The van der Waals surface area contributed by atoms with Crippen LogP contribution >= 0.6 is 0 Å². The first-order chi connectivity index (χ1) is 11.4. The number of aryl methyl sites for hydroxylation is 1. The number of halogens is 1. The summed E-state index contributed by atoms with van der Waals surface area (Å²) in [7, 11) is 5.44. The molecule has 5 heteroatoms. The molecule has 4 nitrogen and oxygen atoms in total. The Morgan fingerprint density at radius 3 is 2.29 bits per heavy atom. The van der Waals surface area contributed by atoms with Gasteiger partial charge in [0.2, 0.25) is 5.91 Å². The fourth-order valence-corrected chi connectivity index (χ4v) is 2.59. The molecule has 2 rings (SSSR count). The minimum Gasteiger partial charge on any atom is -0.338 e. The van der Waals surface area contributed by atoms with Gasteiger partial charge in [-0.05, 0) is 49.8 Å². The summed E-state index contributed by atoms with van der Waals surface area (Å²) in [5.74, 6) is -0.356. The van der Waals surface area contributed by atoms with Gasteiger partial charge in [-0.3, -0.25) is 14.7 Å². The smallest absolute Gasteiger partial charge is 0.244 e. The molecule has 0 aliphatic rings. The van der Waals surface area contributed by atoms with Crippen molar-refractivity contribution in [2.24, 2.45) is 0 Å². The molecule has 1 heterocycles. The number of pyridine rings is 1. The molecule has 0 radical (unpaired) electrons. The SMILES string of the molecule is CCc1ccc(CN(C)C(=O)C(c2ccc(F)cc2)N(C)C)nc1. The fraction of sp³-hybridized carbons (Fsp3) is 0.368. The van der Waals surface area contributed by atoms with E-state index < -0.39 is 6.04 Å². The highest BCUT2D eigenvalue weighted by atomic mass is 19.1. The number of aromatic nitrogens is 1. The van der Waals surface area contributed by atoms with Crippen LogP contribution in [-0.2, 0) is 17.8 Å². The van der Waals surface area contributed by atoms with Crippen molar-refractivity contribution in [3.63, 3.8) is 0 Å². The number of benzene rings is 1. The molecule has 0 spiro atoms. The summed E-state index contributed by atoms with van der Waals surface area (Å²) in [6.45, 7) is 2.52. The highest BCUT2D eigenvalue weighted by Gasteiger charge is 2.26. The standard InChI is InChI=1S/C19H24FN3O/c1-5-14-6-11-17(21-12-14)13-23(4)19(24)18(22(2)3)15-7-9-16(20)10-8-15/h6-12,18H,5,13H2,1-4H3. The maximum Gasteiger partial charge on any atom is 0.244 e. The highest BCUT2D eigenvalue weighted by Crippen LogP contribution is 2.21. The number of likely N-dealkylation sites (N-methyl/N-ethyl adjacent to an activating group) is 2. The number of nitrogens with zero attached hydrogens (tertiary/aromatic N) is 3. The van der Waals surface area contributed by atoms with Gasteiger partial charge in [0.25, 0.3) is 0 Å². The first-order valence-electron chi connectivity index (χ1n) is 8.03. The van der Waals surface area contributed by atoms with E-state index in [9.17, 15) is 9.18 Å². The van der Waals surface area contributed by atoms with Crippen LogP contribution in [0.1, 0.15) is 29.8 Å². The van der Waals surface area contributed by atoms with Gasteiger partial charge in [0.05, 0.1) is 12.2 Å². The molecule has 0 aliphatic carbocycles. The molecule has 0 N–H and O–H groups in total. The second kappa shape index (κ2) is 8.02. The summed E-state index contributed by atoms with van der Waals surface area (Å²) >= 11 is 0. The average Bonchev–Trinajstić information content (AvgIpc) is 2.57. The number of rotatable bonds is 6. The van der Waals surface area contributed by atoms with E-state index in [1.165, 1.54) is 17.7 Å². The van der Waals surface area contributed by atoms with Gasteiger partial charge >= 0.3 is 0 Å². The van der Waals surface area contributed by atoms with E-state index in [0.29, 0.717) is 6.54 Å². The summed E-state index contributed by atoms with van der Waals surface area (Å²) in [6.07, 6.45) is 2.78. The Hall–Kier alpha value is -2.27. The van der Waals surface area contributed by atoms with Crippen molar-refractivity contribution >= 4 is 5.91 Å². The van der Waals surface area contributed by atoms with E-state index in [0.717, 1.165) is 17.7 Å². The van der Waals surface area contributed by atoms with Crippen molar-refractivity contribution in [1.82, 2.24) is 14.8 Å². The lowest BCUT2D eigenvalue weighted by molar-refractivity contribution is -0.135. The van der Waals surface area contributed by atoms with Crippen molar-refractivity contribution in [2.75, 3.05) is 21.1 Å². The normalized spacial score (nSPS) is 12.2. The largest absolute Gasteiger partial charge is 0.338 e. The van der Waals surface area contributed by atoms with Gasteiger partial charge in [-0.1, -0.05) is 25.1 Å². The first kappa shape index (κ1) is 18.1. The maximum atomic E-state index is 13.1. The second-order valence-electron chi connectivity index (χ2n) is 6.12. The van der Waals surface area contributed by atoms with Crippen molar-refractivity contribution in [3.05, 3.63) is 65.2 Å². The molecule has 0 saturated heterocycles. The van der Waals surface area contributed by atoms with Crippen LogP contribution in [0.25, 0.3) is 0 Å². The summed E-state index contributed by atoms with van der Waals surface area (Å²) in [4.78, 5) is 20.8. The van der Waals surface area contributed by atoms with Crippen LogP contribution in [0.4, 0.5) is 4.39 Å². The van der Waals surface area contributed by atoms with E-state index in [1.807, 2.05) is 37.3 Å². The molecule has 0 bridgehead atoms. The van der Waals surface area contributed by atoms with Crippen LogP contribution in [0.15, 0.2) is 42.6 Å². The van der Waals surface area contributed by atoms with Crippen molar-refractivity contribution < 1.29 is 9.18 Å². The zero-order valence-electron chi connectivity index (χ0n) is 14.7. The van der Waals surface area contributed by atoms with Crippen molar-refractivity contribution in [2.45, 2.75) is 25.9 Å². The van der Waals surface area contributed by atoms with E-state index in [2.05, 4.69) is 11.9 Å². The second-order valence-corrected chi connectivity index (χ2v) is 6.12. The monoisotopic (exact) mass is 329 g/mol. The molecular weight excluding hydrogens is 305 g/mol. The summed E-state index contributed by atoms with van der Waals surface area (Å²) in [5, 5.41) is 0. The molecule has 1 atom stereocenters. The Labute approximate surface area is 142 Å². The molecule has 1 aromatic heterocycles. The maximum absolute atomic E-state index is 13.1. The van der Waals surface area contributed by atoms with E-state index in [1.54, 1.807) is 24.1 Å². The lowest BCUT2D eigenvalue weighted by Crippen LogP contribution is -2.38. The number of amides is 1. The minimum atomic E-state index is -0.453. The van der Waals surface area contributed by atoms with Crippen molar-refractivity contribution in [1.29, 1.82) is 0 Å². The predicted molar refractivity (Wildman–Crippen MR) is 92.9 cm³/mol. The molecule has 1 amide bonds. The van der Waals surface area contributed by atoms with E-state index >= 15 is 0 Å². The predicted octanol–water partition coefficient (Wildman–Crippen LogP) is 3.04. The number of carbonyl (C=O) groups is 1. The first-order valence-corrected chi connectivity index (χ1v) is 8.03. The van der Waals surface area contributed by atoms with Crippen molar-refractivity contribution in [3.8, 4) is 0 Å². The van der Waals surface area contributed by atoms with Gasteiger partial charge < -0.3 is 4.90 Å². The fourth-order valence-electron chi connectivity index (χ4n) is 2.59.